The fraction of sp³-hybridized carbons (Fsp3) is 0.957. The number of ether oxygens (including phenoxy) is 1. The van der Waals surface area contributed by atoms with Gasteiger partial charge in [0.15, 0.2) is 0 Å². The summed E-state index contributed by atoms with van der Waals surface area (Å²) in [7, 11) is 0. The number of fused-ring (bicyclic) bond motifs is 2. The Labute approximate surface area is 154 Å². The molecular formula is C23H38O2. The van der Waals surface area contributed by atoms with Crippen LogP contribution in [0.5, 0.6) is 0 Å². The van der Waals surface area contributed by atoms with Crippen molar-refractivity contribution in [2.45, 2.75) is 86.2 Å². The highest BCUT2D eigenvalue weighted by Gasteiger charge is 2.79. The second kappa shape index (κ2) is 5.49. The number of rotatable bonds is 5. The first-order valence-electron chi connectivity index (χ1n) is 10.8. The van der Waals surface area contributed by atoms with Crippen LogP contribution in [0, 0.1) is 51.8 Å². The molecule has 2 heteroatoms. The lowest BCUT2D eigenvalue weighted by atomic mass is 9.20. The summed E-state index contributed by atoms with van der Waals surface area (Å²) in [5, 5.41) is 0. The summed E-state index contributed by atoms with van der Waals surface area (Å²) in [5.41, 5.74) is 1.46. The van der Waals surface area contributed by atoms with Gasteiger partial charge in [-0.05, 0) is 90.8 Å². The van der Waals surface area contributed by atoms with Gasteiger partial charge in [-0.15, -0.1) is 0 Å². The molecule has 4 rings (SSSR count). The van der Waals surface area contributed by atoms with Crippen molar-refractivity contribution in [3.8, 4) is 0 Å². The highest BCUT2D eigenvalue weighted by atomic mass is 16.5. The molecule has 4 aliphatic rings. The molecule has 9 atom stereocenters. The molecule has 0 aromatic rings. The summed E-state index contributed by atoms with van der Waals surface area (Å²) in [6.07, 6.45) is 8.05. The van der Waals surface area contributed by atoms with Crippen molar-refractivity contribution in [2.24, 2.45) is 51.8 Å². The Kier molecular flexibility index (Phi) is 3.92. The molecule has 0 N–H and O–H groups in total. The van der Waals surface area contributed by atoms with E-state index in [1.807, 2.05) is 0 Å². The highest BCUT2D eigenvalue weighted by Crippen LogP contribution is 2.84. The smallest absolute Gasteiger partial charge is 0.293 e. The lowest BCUT2D eigenvalue weighted by Gasteiger charge is -2.84. The third-order valence-electron chi connectivity index (χ3n) is 10.2. The standard InChI is InChI=1S/C23H38O2/c1-14(25-13-24)8-11-23-16(3)19-15(2)17(20(19)23)12-18-21(4,5)9-7-10-22(18,23)6/h13-20H,7-12H2,1-6H3/t14?,15-,16-,17?,18?,19?,20?,22?,23+/m1/s1. The van der Waals surface area contributed by atoms with Gasteiger partial charge in [0.1, 0.15) is 0 Å². The molecule has 6 unspecified atom stereocenters. The summed E-state index contributed by atoms with van der Waals surface area (Å²) < 4.78 is 5.26. The molecule has 4 aliphatic carbocycles. The number of carbonyl (C=O) groups is 1. The van der Waals surface area contributed by atoms with Crippen molar-refractivity contribution < 1.29 is 9.53 Å². The second-order valence-electron chi connectivity index (χ2n) is 11.1. The molecule has 0 radical (unpaired) electrons. The Morgan fingerprint density at radius 3 is 2.60 bits per heavy atom. The maximum atomic E-state index is 10.7. The van der Waals surface area contributed by atoms with Gasteiger partial charge in [0, 0.05) is 0 Å². The van der Waals surface area contributed by atoms with Crippen molar-refractivity contribution in [1.29, 1.82) is 0 Å². The number of carbonyl (C=O) groups excluding carboxylic acids is 1. The molecule has 2 nitrogen and oxygen atoms in total. The molecular weight excluding hydrogens is 308 g/mol. The summed E-state index contributed by atoms with van der Waals surface area (Å²) in [5.74, 6) is 5.52. The first-order valence-corrected chi connectivity index (χ1v) is 10.8. The van der Waals surface area contributed by atoms with Crippen molar-refractivity contribution in [1.82, 2.24) is 0 Å². The fourth-order valence-corrected chi connectivity index (χ4v) is 9.18. The maximum absolute atomic E-state index is 10.7. The lowest BCUT2D eigenvalue weighted by molar-refractivity contribution is -0.364. The predicted octanol–water partition coefficient (Wildman–Crippen LogP) is 5.70. The van der Waals surface area contributed by atoms with Gasteiger partial charge in [0.05, 0.1) is 6.10 Å². The first-order chi connectivity index (χ1) is 11.7. The van der Waals surface area contributed by atoms with Gasteiger partial charge in [-0.3, -0.25) is 4.79 Å². The Bertz CT molecular complexity index is 554. The van der Waals surface area contributed by atoms with Crippen LogP contribution in [0.4, 0.5) is 0 Å². The van der Waals surface area contributed by atoms with E-state index in [9.17, 15) is 4.79 Å². The van der Waals surface area contributed by atoms with E-state index in [2.05, 4.69) is 41.5 Å². The van der Waals surface area contributed by atoms with Gasteiger partial charge < -0.3 is 4.74 Å². The quantitative estimate of drug-likeness (QED) is 0.597. The average Bonchev–Trinajstić information content (AvgIpc) is 2.51. The van der Waals surface area contributed by atoms with Crippen LogP contribution in [0.2, 0.25) is 0 Å². The Hall–Kier alpha value is -0.530. The van der Waals surface area contributed by atoms with Crippen molar-refractivity contribution in [3.63, 3.8) is 0 Å². The number of hydrogen-bond donors (Lipinski definition) is 0. The maximum Gasteiger partial charge on any atom is 0.293 e. The van der Waals surface area contributed by atoms with Gasteiger partial charge in [0.2, 0.25) is 0 Å². The summed E-state index contributed by atoms with van der Waals surface area (Å²) >= 11 is 0. The van der Waals surface area contributed by atoms with Gasteiger partial charge in [-0.1, -0.05) is 41.0 Å². The summed E-state index contributed by atoms with van der Waals surface area (Å²) in [4.78, 5) is 10.7. The highest BCUT2D eigenvalue weighted by molar-refractivity contribution is 5.37. The van der Waals surface area contributed by atoms with Crippen LogP contribution in [-0.4, -0.2) is 12.6 Å². The van der Waals surface area contributed by atoms with Crippen LogP contribution < -0.4 is 0 Å². The third-order valence-corrected chi connectivity index (χ3v) is 10.2. The van der Waals surface area contributed by atoms with Gasteiger partial charge in [0.25, 0.3) is 6.47 Å². The minimum absolute atomic E-state index is 0.0645. The molecule has 0 saturated heterocycles. The zero-order valence-electron chi connectivity index (χ0n) is 17.2. The monoisotopic (exact) mass is 346 g/mol. The third kappa shape index (κ3) is 2.00. The molecule has 25 heavy (non-hydrogen) atoms. The molecule has 0 amide bonds. The molecule has 0 aromatic heterocycles. The van der Waals surface area contributed by atoms with E-state index in [1.54, 1.807) is 0 Å². The van der Waals surface area contributed by atoms with Crippen LogP contribution in [0.1, 0.15) is 80.1 Å². The van der Waals surface area contributed by atoms with Crippen molar-refractivity contribution in [3.05, 3.63) is 0 Å². The van der Waals surface area contributed by atoms with E-state index in [0.29, 0.717) is 22.7 Å². The van der Waals surface area contributed by atoms with Gasteiger partial charge in [-0.2, -0.15) is 0 Å². The minimum atomic E-state index is 0.0645. The normalized spacial score (nSPS) is 53.5. The molecule has 0 bridgehead atoms. The molecule has 0 heterocycles. The van der Waals surface area contributed by atoms with E-state index in [-0.39, 0.29) is 6.10 Å². The van der Waals surface area contributed by atoms with Crippen LogP contribution in [0.15, 0.2) is 0 Å². The van der Waals surface area contributed by atoms with Gasteiger partial charge >= 0.3 is 0 Å². The fourth-order valence-electron chi connectivity index (χ4n) is 9.18. The van der Waals surface area contributed by atoms with E-state index >= 15 is 0 Å². The van der Waals surface area contributed by atoms with Crippen LogP contribution >= 0.6 is 0 Å². The average molecular weight is 347 g/mol. The van der Waals surface area contributed by atoms with Crippen molar-refractivity contribution in [2.75, 3.05) is 0 Å². The molecule has 0 spiro atoms. The van der Waals surface area contributed by atoms with E-state index in [4.69, 9.17) is 4.74 Å². The van der Waals surface area contributed by atoms with Gasteiger partial charge in [-0.25, -0.2) is 0 Å². The van der Waals surface area contributed by atoms with Crippen LogP contribution in [0.25, 0.3) is 0 Å². The Balaban J connectivity index is 1.69. The second-order valence-corrected chi connectivity index (χ2v) is 11.1. The predicted molar refractivity (Wildman–Crippen MR) is 101 cm³/mol. The molecule has 142 valence electrons. The minimum Gasteiger partial charge on any atom is -0.465 e. The lowest BCUT2D eigenvalue weighted by Crippen LogP contribution is -2.79. The van der Waals surface area contributed by atoms with Crippen LogP contribution in [-0.2, 0) is 9.53 Å². The zero-order valence-corrected chi connectivity index (χ0v) is 17.2. The van der Waals surface area contributed by atoms with E-state index in [0.717, 1.165) is 41.9 Å². The summed E-state index contributed by atoms with van der Waals surface area (Å²) in [6, 6.07) is 0. The molecule has 0 aromatic carbocycles. The SMILES string of the molecule is CC(CC[C@]12C3C(CC4C(C)(C)CCCC41C)[C@@H](C)C3[C@H]2C)OC=O. The topological polar surface area (TPSA) is 26.3 Å². The Morgan fingerprint density at radius 1 is 1.20 bits per heavy atom. The molecule has 0 aliphatic heterocycles. The number of hydrogen-bond acceptors (Lipinski definition) is 2. The van der Waals surface area contributed by atoms with E-state index in [1.165, 1.54) is 32.1 Å². The largest absolute Gasteiger partial charge is 0.465 e. The molecule has 4 saturated carbocycles. The molecule has 4 fully saturated rings. The van der Waals surface area contributed by atoms with E-state index < -0.39 is 0 Å². The zero-order chi connectivity index (χ0) is 18.2. The summed E-state index contributed by atoms with van der Waals surface area (Å²) in [6.45, 7) is 15.6. The van der Waals surface area contributed by atoms with Crippen LogP contribution in [0.3, 0.4) is 0 Å². The van der Waals surface area contributed by atoms with Crippen molar-refractivity contribution >= 4 is 6.47 Å². The first kappa shape index (κ1) is 17.9. The Morgan fingerprint density at radius 2 is 1.92 bits per heavy atom.